The first-order chi connectivity index (χ1) is 13.9. The number of carbonyl (C=O) groups is 2. The first kappa shape index (κ1) is 19.7. The summed E-state index contributed by atoms with van der Waals surface area (Å²) >= 11 is 0. The van der Waals surface area contributed by atoms with Gasteiger partial charge in [-0.25, -0.2) is 0 Å². The van der Waals surface area contributed by atoms with Gasteiger partial charge in [-0.1, -0.05) is 49.2 Å². The van der Waals surface area contributed by atoms with E-state index in [0.29, 0.717) is 31.7 Å². The minimum absolute atomic E-state index is 0.0551. The predicted molar refractivity (Wildman–Crippen MR) is 116 cm³/mol. The van der Waals surface area contributed by atoms with Crippen molar-refractivity contribution in [3.05, 3.63) is 59.2 Å². The lowest BCUT2D eigenvalue weighted by molar-refractivity contribution is -0.147. The van der Waals surface area contributed by atoms with Gasteiger partial charge < -0.3 is 9.80 Å². The van der Waals surface area contributed by atoms with Gasteiger partial charge in [-0.2, -0.15) is 0 Å². The Labute approximate surface area is 173 Å². The van der Waals surface area contributed by atoms with E-state index < -0.39 is 0 Å². The molecule has 0 spiro atoms. The quantitative estimate of drug-likeness (QED) is 0.777. The van der Waals surface area contributed by atoms with Crippen LogP contribution >= 0.6 is 0 Å². The average molecular weight is 391 g/mol. The number of benzene rings is 2. The lowest BCUT2D eigenvalue weighted by Crippen LogP contribution is -2.55. The summed E-state index contributed by atoms with van der Waals surface area (Å²) in [6.45, 7) is 8.78. The van der Waals surface area contributed by atoms with Crippen molar-refractivity contribution in [3.63, 3.8) is 0 Å². The molecular weight excluding hydrogens is 360 g/mol. The van der Waals surface area contributed by atoms with Gasteiger partial charge in [0, 0.05) is 37.2 Å². The molecule has 2 fully saturated rings. The molecule has 2 aliphatic rings. The van der Waals surface area contributed by atoms with Crippen molar-refractivity contribution in [2.45, 2.75) is 40.0 Å². The number of carbonyl (C=O) groups excluding carboxylic acids is 2. The van der Waals surface area contributed by atoms with Crippen LogP contribution in [0.4, 0.5) is 0 Å². The lowest BCUT2D eigenvalue weighted by Gasteiger charge is -2.43. The number of piperazine rings is 1. The van der Waals surface area contributed by atoms with Gasteiger partial charge in [0.15, 0.2) is 0 Å². The van der Waals surface area contributed by atoms with E-state index in [9.17, 15) is 9.59 Å². The molecule has 2 amide bonds. The van der Waals surface area contributed by atoms with Crippen LogP contribution in [0, 0.1) is 19.3 Å². The van der Waals surface area contributed by atoms with E-state index in [2.05, 4.69) is 39.0 Å². The Morgan fingerprint density at radius 2 is 1.48 bits per heavy atom. The van der Waals surface area contributed by atoms with Crippen LogP contribution in [0.3, 0.4) is 0 Å². The third kappa shape index (κ3) is 3.81. The van der Waals surface area contributed by atoms with Gasteiger partial charge in [-0.15, -0.1) is 0 Å². The van der Waals surface area contributed by atoms with Crippen LogP contribution in [-0.4, -0.2) is 47.8 Å². The number of hydrogen-bond donors (Lipinski definition) is 0. The smallest absolute Gasteiger partial charge is 0.253 e. The highest BCUT2D eigenvalue weighted by molar-refractivity contribution is 5.95. The minimum atomic E-state index is -0.157. The van der Waals surface area contributed by atoms with Crippen molar-refractivity contribution in [2.75, 3.05) is 26.2 Å². The van der Waals surface area contributed by atoms with Crippen molar-refractivity contribution in [1.82, 2.24) is 9.80 Å². The summed E-state index contributed by atoms with van der Waals surface area (Å²) in [5.41, 5.74) is 5.36. The van der Waals surface area contributed by atoms with E-state index in [4.69, 9.17) is 0 Å². The Kier molecular flexibility index (Phi) is 5.20. The molecule has 0 unspecified atom stereocenters. The van der Waals surface area contributed by atoms with E-state index in [0.717, 1.165) is 24.8 Å². The molecule has 4 rings (SSSR count). The Morgan fingerprint density at radius 3 is 2.07 bits per heavy atom. The standard InChI is InChI=1S/C25H30N2O2/c1-18-5-6-19(2)22(17-18)20-7-9-21(10-8-20)23(28)26-13-15-27(16-14-26)24(29)25(3)11-4-12-25/h5-10,17H,4,11-16H2,1-3H3. The molecule has 29 heavy (non-hydrogen) atoms. The maximum atomic E-state index is 12.9. The van der Waals surface area contributed by atoms with Gasteiger partial charge in [-0.05, 0) is 55.5 Å². The van der Waals surface area contributed by atoms with Crippen molar-refractivity contribution in [2.24, 2.45) is 5.41 Å². The fourth-order valence-electron chi connectivity index (χ4n) is 4.44. The maximum Gasteiger partial charge on any atom is 0.253 e. The van der Waals surface area contributed by atoms with Gasteiger partial charge in [-0.3, -0.25) is 9.59 Å². The summed E-state index contributed by atoms with van der Waals surface area (Å²) in [5.74, 6) is 0.327. The Bertz CT molecular complexity index is 920. The largest absolute Gasteiger partial charge is 0.339 e. The Morgan fingerprint density at radius 1 is 0.862 bits per heavy atom. The summed E-state index contributed by atoms with van der Waals surface area (Å²) in [4.78, 5) is 29.5. The zero-order valence-electron chi connectivity index (χ0n) is 17.7. The number of aryl methyl sites for hydroxylation is 2. The van der Waals surface area contributed by atoms with Gasteiger partial charge in [0.05, 0.1) is 0 Å². The normalized spacial score (nSPS) is 18.3. The van der Waals surface area contributed by atoms with Crippen LogP contribution in [-0.2, 0) is 4.79 Å². The highest BCUT2D eigenvalue weighted by atomic mass is 16.2. The van der Waals surface area contributed by atoms with Crippen LogP contribution in [0.5, 0.6) is 0 Å². The third-order valence-electron chi connectivity index (χ3n) is 6.66. The fraction of sp³-hybridized carbons (Fsp3) is 0.440. The monoisotopic (exact) mass is 390 g/mol. The summed E-state index contributed by atoms with van der Waals surface area (Å²) in [7, 11) is 0. The second-order valence-electron chi connectivity index (χ2n) is 8.89. The SMILES string of the molecule is Cc1ccc(C)c(-c2ccc(C(=O)N3CCN(C(=O)C4(C)CCC4)CC3)cc2)c1. The molecule has 1 aliphatic heterocycles. The molecule has 152 valence electrons. The molecule has 2 aromatic rings. The van der Waals surface area contributed by atoms with E-state index in [1.165, 1.54) is 16.7 Å². The lowest BCUT2D eigenvalue weighted by atomic mass is 9.69. The van der Waals surface area contributed by atoms with Crippen LogP contribution in [0.25, 0.3) is 11.1 Å². The molecule has 1 heterocycles. The van der Waals surface area contributed by atoms with E-state index in [1.54, 1.807) is 0 Å². The number of rotatable bonds is 3. The molecule has 1 saturated carbocycles. The van der Waals surface area contributed by atoms with Crippen LogP contribution in [0.15, 0.2) is 42.5 Å². The summed E-state index contributed by atoms with van der Waals surface area (Å²) < 4.78 is 0. The van der Waals surface area contributed by atoms with Crippen molar-refractivity contribution >= 4 is 11.8 Å². The van der Waals surface area contributed by atoms with Gasteiger partial charge in [0.1, 0.15) is 0 Å². The zero-order chi connectivity index (χ0) is 20.6. The third-order valence-corrected chi connectivity index (χ3v) is 6.66. The maximum absolute atomic E-state index is 12.9. The van der Waals surface area contributed by atoms with Crippen LogP contribution in [0.1, 0.15) is 47.7 Å². The molecule has 0 bridgehead atoms. The summed E-state index contributed by atoms with van der Waals surface area (Å²) in [6, 6.07) is 14.4. The second kappa shape index (κ2) is 7.66. The van der Waals surface area contributed by atoms with Gasteiger partial charge >= 0.3 is 0 Å². The Hall–Kier alpha value is -2.62. The molecule has 4 nitrogen and oxygen atoms in total. The number of amides is 2. The van der Waals surface area contributed by atoms with Gasteiger partial charge in [0.25, 0.3) is 5.91 Å². The predicted octanol–water partition coefficient (Wildman–Crippen LogP) is 4.45. The molecule has 2 aromatic carbocycles. The van der Waals surface area contributed by atoms with E-state index in [-0.39, 0.29) is 17.2 Å². The number of nitrogens with zero attached hydrogens (tertiary/aromatic N) is 2. The van der Waals surface area contributed by atoms with Crippen molar-refractivity contribution in [1.29, 1.82) is 0 Å². The van der Waals surface area contributed by atoms with Gasteiger partial charge in [0.2, 0.25) is 5.91 Å². The number of hydrogen-bond acceptors (Lipinski definition) is 2. The molecule has 0 N–H and O–H groups in total. The molecule has 0 atom stereocenters. The first-order valence-corrected chi connectivity index (χ1v) is 10.6. The van der Waals surface area contributed by atoms with Crippen LogP contribution in [0.2, 0.25) is 0 Å². The van der Waals surface area contributed by atoms with E-state index >= 15 is 0 Å². The minimum Gasteiger partial charge on any atom is -0.339 e. The summed E-state index contributed by atoms with van der Waals surface area (Å²) in [5, 5.41) is 0. The zero-order valence-corrected chi connectivity index (χ0v) is 17.7. The molecule has 1 aliphatic carbocycles. The highest BCUT2D eigenvalue weighted by Crippen LogP contribution is 2.42. The second-order valence-corrected chi connectivity index (χ2v) is 8.89. The fourth-order valence-corrected chi connectivity index (χ4v) is 4.44. The molecule has 1 saturated heterocycles. The molecule has 0 radical (unpaired) electrons. The van der Waals surface area contributed by atoms with E-state index in [1.807, 2.05) is 34.1 Å². The molecule has 0 aromatic heterocycles. The van der Waals surface area contributed by atoms with Crippen LogP contribution < -0.4 is 0 Å². The topological polar surface area (TPSA) is 40.6 Å². The van der Waals surface area contributed by atoms with Crippen molar-refractivity contribution in [3.8, 4) is 11.1 Å². The molecular formula is C25H30N2O2. The highest BCUT2D eigenvalue weighted by Gasteiger charge is 2.42. The Balaban J connectivity index is 1.40. The first-order valence-electron chi connectivity index (χ1n) is 10.6. The summed E-state index contributed by atoms with van der Waals surface area (Å²) in [6.07, 6.45) is 3.15. The van der Waals surface area contributed by atoms with Crippen molar-refractivity contribution < 1.29 is 9.59 Å². The molecule has 4 heteroatoms. The average Bonchev–Trinajstić information content (AvgIpc) is 2.73.